The summed E-state index contributed by atoms with van der Waals surface area (Å²) in [7, 11) is 5.26. The SMILES string of the molecule is [B]CC(CS)CC=O. The number of carbonyl (C=O) groups excluding carboxylic acids is 1. The maximum atomic E-state index is 9.84. The Balaban J connectivity index is 3.20. The van der Waals surface area contributed by atoms with Gasteiger partial charge in [0.25, 0.3) is 0 Å². The first-order valence-corrected chi connectivity index (χ1v) is 3.23. The zero-order valence-electron chi connectivity index (χ0n) is 4.71. The first-order valence-electron chi connectivity index (χ1n) is 2.59. The summed E-state index contributed by atoms with van der Waals surface area (Å²) in [6.45, 7) is 0. The molecule has 0 saturated carbocycles. The van der Waals surface area contributed by atoms with Crippen LogP contribution in [-0.4, -0.2) is 19.9 Å². The second kappa shape index (κ2) is 5.23. The van der Waals surface area contributed by atoms with Crippen LogP contribution in [0.4, 0.5) is 0 Å². The maximum absolute atomic E-state index is 9.84. The zero-order valence-corrected chi connectivity index (χ0v) is 5.60. The van der Waals surface area contributed by atoms with Crippen molar-refractivity contribution in [1.29, 1.82) is 0 Å². The van der Waals surface area contributed by atoms with Gasteiger partial charge in [-0.25, -0.2) is 0 Å². The molecule has 1 atom stereocenters. The van der Waals surface area contributed by atoms with E-state index in [0.29, 0.717) is 18.5 Å². The van der Waals surface area contributed by atoms with Gasteiger partial charge in [-0.05, 0) is 11.7 Å². The molecule has 0 saturated heterocycles. The van der Waals surface area contributed by atoms with Crippen LogP contribution in [0.5, 0.6) is 0 Å². The Labute approximate surface area is 56.7 Å². The lowest BCUT2D eigenvalue weighted by atomic mass is 9.91. The molecule has 3 heteroatoms. The molecule has 0 aliphatic heterocycles. The Kier molecular flexibility index (Phi) is 5.28. The molecule has 0 N–H and O–H groups in total. The van der Waals surface area contributed by atoms with Crippen molar-refractivity contribution >= 4 is 26.8 Å². The molecule has 0 bridgehead atoms. The van der Waals surface area contributed by atoms with Gasteiger partial charge in [-0.15, -0.1) is 0 Å². The van der Waals surface area contributed by atoms with Gasteiger partial charge in [0, 0.05) is 6.42 Å². The highest BCUT2D eigenvalue weighted by atomic mass is 32.1. The highest BCUT2D eigenvalue weighted by Crippen LogP contribution is 2.05. The molecule has 8 heavy (non-hydrogen) atoms. The van der Waals surface area contributed by atoms with Crippen molar-refractivity contribution in [3.05, 3.63) is 0 Å². The molecule has 0 rings (SSSR count). The summed E-state index contributed by atoms with van der Waals surface area (Å²) in [6.07, 6.45) is 1.98. The number of hydrogen-bond acceptors (Lipinski definition) is 2. The van der Waals surface area contributed by atoms with Crippen LogP contribution >= 0.6 is 12.6 Å². The zero-order chi connectivity index (χ0) is 6.41. The van der Waals surface area contributed by atoms with Crippen molar-refractivity contribution < 1.29 is 4.79 Å². The Morgan fingerprint density at radius 1 is 1.75 bits per heavy atom. The monoisotopic (exact) mass is 128 g/mol. The molecule has 2 radical (unpaired) electrons. The molecule has 0 aromatic carbocycles. The summed E-state index contributed by atoms with van der Waals surface area (Å²) in [5, 5.41) is 0. The third-order valence-electron chi connectivity index (χ3n) is 1.02. The van der Waals surface area contributed by atoms with E-state index in [1.165, 1.54) is 0 Å². The van der Waals surface area contributed by atoms with Gasteiger partial charge >= 0.3 is 0 Å². The quantitative estimate of drug-likeness (QED) is 0.335. The van der Waals surface area contributed by atoms with Crippen LogP contribution in [-0.2, 0) is 4.79 Å². The molecule has 0 spiro atoms. The predicted molar refractivity (Wildman–Crippen MR) is 38.6 cm³/mol. The lowest BCUT2D eigenvalue weighted by Gasteiger charge is -2.04. The molecule has 0 fully saturated rings. The number of rotatable bonds is 4. The van der Waals surface area contributed by atoms with E-state index >= 15 is 0 Å². The van der Waals surface area contributed by atoms with Gasteiger partial charge < -0.3 is 4.79 Å². The van der Waals surface area contributed by atoms with Crippen molar-refractivity contribution in [2.75, 3.05) is 5.75 Å². The van der Waals surface area contributed by atoms with Crippen LogP contribution in [0.2, 0.25) is 6.32 Å². The summed E-state index contributed by atoms with van der Waals surface area (Å²) < 4.78 is 0. The Morgan fingerprint density at radius 2 is 2.38 bits per heavy atom. The number of aldehydes is 1. The fraction of sp³-hybridized carbons (Fsp3) is 0.800. The van der Waals surface area contributed by atoms with Gasteiger partial charge in [0.15, 0.2) is 0 Å². The molecule has 44 valence electrons. The van der Waals surface area contributed by atoms with Crippen molar-refractivity contribution in [2.45, 2.75) is 12.7 Å². The number of carbonyl (C=O) groups is 1. The molecule has 0 heterocycles. The topological polar surface area (TPSA) is 17.1 Å². The minimum absolute atomic E-state index is 0.274. The lowest BCUT2D eigenvalue weighted by molar-refractivity contribution is -0.108. The highest BCUT2D eigenvalue weighted by Gasteiger charge is 1.99. The van der Waals surface area contributed by atoms with Crippen LogP contribution in [0.1, 0.15) is 6.42 Å². The average molecular weight is 128 g/mol. The fourth-order valence-electron chi connectivity index (χ4n) is 0.381. The van der Waals surface area contributed by atoms with E-state index in [4.69, 9.17) is 7.85 Å². The number of thiol groups is 1. The second-order valence-corrected chi connectivity index (χ2v) is 2.05. The van der Waals surface area contributed by atoms with Crippen LogP contribution in [0.3, 0.4) is 0 Å². The Bertz CT molecular complexity index is 63.4. The summed E-state index contributed by atoms with van der Waals surface area (Å²) in [4.78, 5) is 9.84. The summed E-state index contributed by atoms with van der Waals surface area (Å²) in [5.41, 5.74) is 0. The smallest absolute Gasteiger partial charge is 0.120 e. The van der Waals surface area contributed by atoms with Gasteiger partial charge in [-0.3, -0.25) is 0 Å². The largest absolute Gasteiger partial charge is 0.303 e. The van der Waals surface area contributed by atoms with E-state index in [-0.39, 0.29) is 5.92 Å². The molecule has 0 aliphatic rings. The molecule has 0 aliphatic carbocycles. The standard InChI is InChI=1S/C5H9BOS/c6-3-5(4-8)1-2-7/h2,5,8H,1,3-4H2. The third-order valence-corrected chi connectivity index (χ3v) is 1.54. The first-order chi connectivity index (χ1) is 3.85. The van der Waals surface area contributed by atoms with E-state index in [2.05, 4.69) is 12.6 Å². The van der Waals surface area contributed by atoms with Crippen molar-refractivity contribution in [3.8, 4) is 0 Å². The van der Waals surface area contributed by atoms with Crippen LogP contribution < -0.4 is 0 Å². The van der Waals surface area contributed by atoms with Crippen molar-refractivity contribution in [1.82, 2.24) is 0 Å². The van der Waals surface area contributed by atoms with E-state index < -0.39 is 0 Å². The van der Waals surface area contributed by atoms with Crippen LogP contribution in [0, 0.1) is 5.92 Å². The Morgan fingerprint density at radius 3 is 2.50 bits per heavy atom. The fourth-order valence-corrected chi connectivity index (χ4v) is 0.680. The minimum Gasteiger partial charge on any atom is -0.303 e. The normalized spacial score (nSPS) is 13.1. The van der Waals surface area contributed by atoms with Crippen molar-refractivity contribution in [2.24, 2.45) is 5.92 Å². The Hall–Kier alpha value is 0.0849. The van der Waals surface area contributed by atoms with E-state index in [9.17, 15) is 4.79 Å². The molecule has 0 aromatic rings. The van der Waals surface area contributed by atoms with Crippen molar-refractivity contribution in [3.63, 3.8) is 0 Å². The molecular formula is C5H9BOS. The van der Waals surface area contributed by atoms with Crippen LogP contribution in [0.25, 0.3) is 0 Å². The highest BCUT2D eigenvalue weighted by molar-refractivity contribution is 7.80. The van der Waals surface area contributed by atoms with Gasteiger partial charge in [0.05, 0.1) is 7.85 Å². The van der Waals surface area contributed by atoms with E-state index in [0.717, 1.165) is 6.29 Å². The minimum atomic E-state index is 0.274. The second-order valence-electron chi connectivity index (χ2n) is 1.69. The van der Waals surface area contributed by atoms with E-state index in [1.54, 1.807) is 0 Å². The summed E-state index contributed by atoms with van der Waals surface area (Å²) in [5.74, 6) is 0.978. The molecule has 0 aromatic heterocycles. The molecule has 1 nitrogen and oxygen atoms in total. The van der Waals surface area contributed by atoms with Gasteiger partial charge in [0.1, 0.15) is 6.29 Å². The summed E-state index contributed by atoms with van der Waals surface area (Å²) in [6, 6.07) is 0. The lowest BCUT2D eigenvalue weighted by Crippen LogP contribution is -2.01. The third kappa shape index (κ3) is 3.13. The van der Waals surface area contributed by atoms with E-state index in [1.807, 2.05) is 0 Å². The molecule has 1 unspecified atom stereocenters. The number of hydrogen-bond donors (Lipinski definition) is 1. The molecular weight excluding hydrogens is 119 g/mol. The summed E-state index contributed by atoms with van der Waals surface area (Å²) >= 11 is 3.99. The molecule has 0 amide bonds. The van der Waals surface area contributed by atoms with Crippen LogP contribution in [0.15, 0.2) is 0 Å². The van der Waals surface area contributed by atoms with Gasteiger partial charge in [-0.1, -0.05) is 6.32 Å². The predicted octanol–water partition coefficient (Wildman–Crippen LogP) is 0.708. The first kappa shape index (κ1) is 8.08. The van der Waals surface area contributed by atoms with Gasteiger partial charge in [-0.2, -0.15) is 12.6 Å². The van der Waals surface area contributed by atoms with Gasteiger partial charge in [0.2, 0.25) is 0 Å². The average Bonchev–Trinajstić information content (AvgIpc) is 1.83. The maximum Gasteiger partial charge on any atom is 0.120 e.